The number of rotatable bonds is 6. The standard InChI is InChI=1S/C15H22N2O4S/c1-6-17(7-2)12(19)8-21-15(20)13-9(3)10(4)22-14(13)16-11(5)18/h6-8H2,1-5H3,(H,16,18). The highest BCUT2D eigenvalue weighted by Crippen LogP contribution is 2.32. The molecule has 1 aromatic heterocycles. The van der Waals surface area contributed by atoms with Crippen LogP contribution in [0.2, 0.25) is 0 Å². The number of anilines is 1. The SMILES string of the molecule is CCN(CC)C(=O)COC(=O)c1c(NC(C)=O)sc(C)c1C. The van der Waals surface area contributed by atoms with Crippen molar-refractivity contribution in [2.24, 2.45) is 0 Å². The maximum atomic E-state index is 12.2. The fourth-order valence-electron chi connectivity index (χ4n) is 1.99. The number of esters is 1. The van der Waals surface area contributed by atoms with Crippen molar-refractivity contribution in [3.05, 3.63) is 16.0 Å². The van der Waals surface area contributed by atoms with E-state index in [1.807, 2.05) is 20.8 Å². The van der Waals surface area contributed by atoms with E-state index >= 15 is 0 Å². The Kier molecular flexibility index (Phi) is 6.55. The van der Waals surface area contributed by atoms with Gasteiger partial charge in [0.25, 0.3) is 5.91 Å². The maximum absolute atomic E-state index is 12.2. The normalized spacial score (nSPS) is 10.2. The number of carbonyl (C=O) groups excluding carboxylic acids is 3. The van der Waals surface area contributed by atoms with Crippen molar-refractivity contribution in [1.82, 2.24) is 4.90 Å². The molecule has 1 heterocycles. The number of likely N-dealkylation sites (N-methyl/N-ethyl adjacent to an activating group) is 1. The zero-order chi connectivity index (χ0) is 16.9. The Hall–Kier alpha value is -1.89. The average molecular weight is 326 g/mol. The molecule has 0 unspecified atom stereocenters. The third-order valence-corrected chi connectivity index (χ3v) is 4.44. The summed E-state index contributed by atoms with van der Waals surface area (Å²) in [7, 11) is 0. The Balaban J connectivity index is 2.85. The minimum Gasteiger partial charge on any atom is -0.452 e. The second kappa shape index (κ2) is 7.93. The van der Waals surface area contributed by atoms with Gasteiger partial charge in [-0.05, 0) is 33.3 Å². The zero-order valence-corrected chi connectivity index (χ0v) is 14.4. The van der Waals surface area contributed by atoms with Crippen LogP contribution < -0.4 is 5.32 Å². The van der Waals surface area contributed by atoms with E-state index in [1.54, 1.807) is 11.8 Å². The Morgan fingerprint density at radius 1 is 1.18 bits per heavy atom. The molecule has 0 aromatic carbocycles. The molecule has 0 bridgehead atoms. The van der Waals surface area contributed by atoms with Gasteiger partial charge in [0.15, 0.2) is 6.61 Å². The summed E-state index contributed by atoms with van der Waals surface area (Å²) in [6, 6.07) is 0. The molecule has 122 valence electrons. The molecule has 0 saturated carbocycles. The van der Waals surface area contributed by atoms with Gasteiger partial charge in [-0.1, -0.05) is 0 Å². The molecule has 22 heavy (non-hydrogen) atoms. The van der Waals surface area contributed by atoms with Crippen molar-refractivity contribution >= 4 is 34.1 Å². The van der Waals surface area contributed by atoms with Gasteiger partial charge in [0.05, 0.1) is 5.56 Å². The van der Waals surface area contributed by atoms with Gasteiger partial charge in [-0.15, -0.1) is 11.3 Å². The van der Waals surface area contributed by atoms with Crippen molar-refractivity contribution in [2.45, 2.75) is 34.6 Å². The predicted octanol–water partition coefficient (Wildman–Crippen LogP) is 2.35. The van der Waals surface area contributed by atoms with E-state index in [9.17, 15) is 14.4 Å². The monoisotopic (exact) mass is 326 g/mol. The highest BCUT2D eigenvalue weighted by molar-refractivity contribution is 7.16. The molecule has 0 spiro atoms. The predicted molar refractivity (Wildman–Crippen MR) is 86.3 cm³/mol. The number of nitrogens with one attached hydrogen (secondary N) is 1. The third-order valence-electron chi connectivity index (χ3n) is 3.32. The highest BCUT2D eigenvalue weighted by atomic mass is 32.1. The van der Waals surface area contributed by atoms with Crippen LogP contribution in [0.15, 0.2) is 0 Å². The van der Waals surface area contributed by atoms with E-state index < -0.39 is 5.97 Å². The first kappa shape index (κ1) is 18.2. The minimum absolute atomic E-state index is 0.232. The summed E-state index contributed by atoms with van der Waals surface area (Å²) in [5.41, 5.74) is 1.08. The van der Waals surface area contributed by atoms with E-state index in [0.717, 1.165) is 10.4 Å². The zero-order valence-electron chi connectivity index (χ0n) is 13.6. The molecule has 1 aromatic rings. The Labute approximate surface area is 134 Å². The van der Waals surface area contributed by atoms with Crippen LogP contribution in [0.25, 0.3) is 0 Å². The average Bonchev–Trinajstić information content (AvgIpc) is 2.71. The summed E-state index contributed by atoms with van der Waals surface area (Å²) in [5.74, 6) is -1.08. The number of carbonyl (C=O) groups is 3. The number of amides is 2. The maximum Gasteiger partial charge on any atom is 0.341 e. The van der Waals surface area contributed by atoms with E-state index in [2.05, 4.69) is 5.32 Å². The molecule has 0 fully saturated rings. The fourth-order valence-corrected chi connectivity index (χ4v) is 3.08. The van der Waals surface area contributed by atoms with Gasteiger partial charge in [0, 0.05) is 24.9 Å². The number of nitrogens with zero attached hydrogens (tertiary/aromatic N) is 1. The number of aryl methyl sites for hydroxylation is 1. The lowest BCUT2D eigenvalue weighted by molar-refractivity contribution is -0.134. The van der Waals surface area contributed by atoms with Crippen molar-refractivity contribution in [3.63, 3.8) is 0 Å². The first-order chi connectivity index (χ1) is 10.3. The Morgan fingerprint density at radius 3 is 2.27 bits per heavy atom. The smallest absolute Gasteiger partial charge is 0.341 e. The van der Waals surface area contributed by atoms with Gasteiger partial charge >= 0.3 is 5.97 Å². The fraction of sp³-hybridized carbons (Fsp3) is 0.533. The van der Waals surface area contributed by atoms with Gasteiger partial charge in [0.1, 0.15) is 5.00 Å². The first-order valence-corrected chi connectivity index (χ1v) is 7.95. The highest BCUT2D eigenvalue weighted by Gasteiger charge is 2.23. The van der Waals surface area contributed by atoms with Crippen LogP contribution in [0, 0.1) is 13.8 Å². The van der Waals surface area contributed by atoms with Crippen molar-refractivity contribution in [2.75, 3.05) is 25.0 Å². The number of hydrogen-bond acceptors (Lipinski definition) is 5. The van der Waals surface area contributed by atoms with E-state index in [-0.39, 0.29) is 18.4 Å². The number of thiophene rings is 1. The summed E-state index contributed by atoms with van der Waals surface area (Å²) in [4.78, 5) is 37.9. The largest absolute Gasteiger partial charge is 0.452 e. The lowest BCUT2D eigenvalue weighted by atomic mass is 10.1. The summed E-state index contributed by atoms with van der Waals surface area (Å²) in [6.07, 6.45) is 0. The molecule has 0 aliphatic rings. The minimum atomic E-state index is -0.592. The third kappa shape index (κ3) is 4.30. The topological polar surface area (TPSA) is 75.7 Å². The summed E-state index contributed by atoms with van der Waals surface area (Å²) in [5, 5.41) is 3.09. The molecule has 0 saturated heterocycles. The van der Waals surface area contributed by atoms with Gasteiger partial charge in [-0.3, -0.25) is 9.59 Å². The van der Waals surface area contributed by atoms with Gasteiger partial charge < -0.3 is 15.0 Å². The van der Waals surface area contributed by atoms with Crippen LogP contribution in [-0.2, 0) is 14.3 Å². The summed E-state index contributed by atoms with van der Waals surface area (Å²) >= 11 is 1.32. The van der Waals surface area contributed by atoms with Gasteiger partial charge in [-0.25, -0.2) is 4.79 Å². The summed E-state index contributed by atoms with van der Waals surface area (Å²) < 4.78 is 5.12. The van der Waals surface area contributed by atoms with Crippen LogP contribution in [0.5, 0.6) is 0 Å². The molecule has 0 radical (unpaired) electrons. The second-order valence-corrected chi connectivity index (χ2v) is 6.04. The number of hydrogen-bond donors (Lipinski definition) is 1. The van der Waals surface area contributed by atoms with Crippen molar-refractivity contribution in [3.8, 4) is 0 Å². The van der Waals surface area contributed by atoms with Crippen LogP contribution in [0.3, 0.4) is 0 Å². The van der Waals surface area contributed by atoms with E-state index in [0.29, 0.717) is 23.7 Å². The second-order valence-electron chi connectivity index (χ2n) is 4.81. The van der Waals surface area contributed by atoms with Gasteiger partial charge in [0.2, 0.25) is 5.91 Å². The molecule has 6 nitrogen and oxygen atoms in total. The van der Waals surface area contributed by atoms with Crippen LogP contribution >= 0.6 is 11.3 Å². The quantitative estimate of drug-likeness (QED) is 0.814. The van der Waals surface area contributed by atoms with Crippen LogP contribution in [-0.4, -0.2) is 42.4 Å². The Morgan fingerprint density at radius 2 is 1.77 bits per heavy atom. The molecule has 1 rings (SSSR count). The van der Waals surface area contributed by atoms with Crippen LogP contribution in [0.1, 0.15) is 41.6 Å². The van der Waals surface area contributed by atoms with E-state index in [1.165, 1.54) is 18.3 Å². The lowest BCUT2D eigenvalue weighted by Crippen LogP contribution is -2.34. The molecule has 1 N–H and O–H groups in total. The van der Waals surface area contributed by atoms with Crippen molar-refractivity contribution in [1.29, 1.82) is 0 Å². The summed E-state index contributed by atoms with van der Waals surface area (Å²) in [6.45, 7) is 9.61. The molecule has 2 amide bonds. The number of ether oxygens (including phenoxy) is 1. The molecule has 0 aliphatic carbocycles. The lowest BCUT2D eigenvalue weighted by Gasteiger charge is -2.18. The van der Waals surface area contributed by atoms with Crippen molar-refractivity contribution < 1.29 is 19.1 Å². The Bertz CT molecular complexity index is 576. The molecular formula is C15H22N2O4S. The van der Waals surface area contributed by atoms with E-state index in [4.69, 9.17) is 4.74 Å². The van der Waals surface area contributed by atoms with Crippen LogP contribution in [0.4, 0.5) is 5.00 Å². The first-order valence-electron chi connectivity index (χ1n) is 7.14. The molecular weight excluding hydrogens is 304 g/mol. The molecule has 0 atom stereocenters. The molecule has 7 heteroatoms. The molecule has 0 aliphatic heterocycles. The van der Waals surface area contributed by atoms with Gasteiger partial charge in [-0.2, -0.15) is 0 Å².